The Morgan fingerprint density at radius 2 is 1.55 bits per heavy atom. The third kappa shape index (κ3) is 12.5. The van der Waals surface area contributed by atoms with Gasteiger partial charge in [0.2, 0.25) is 17.7 Å². The van der Waals surface area contributed by atoms with E-state index in [1.54, 1.807) is 24.3 Å². The van der Waals surface area contributed by atoms with Crippen LogP contribution in [0.2, 0.25) is 5.02 Å². The Balaban J connectivity index is 0.733. The average Bonchev–Trinajstić information content (AvgIpc) is 3.93. The van der Waals surface area contributed by atoms with Gasteiger partial charge >= 0.3 is 6.03 Å². The number of amides is 6. The van der Waals surface area contributed by atoms with Crippen LogP contribution in [0.15, 0.2) is 78.9 Å². The summed E-state index contributed by atoms with van der Waals surface area (Å²) >= 11 is 6.80. The maximum atomic E-state index is 16.4. The van der Waals surface area contributed by atoms with Gasteiger partial charge in [-0.1, -0.05) is 48.0 Å². The van der Waals surface area contributed by atoms with Crippen molar-refractivity contribution in [2.75, 3.05) is 71.0 Å². The van der Waals surface area contributed by atoms with Crippen molar-refractivity contribution in [1.82, 2.24) is 25.8 Å². The predicted octanol–water partition coefficient (Wildman–Crippen LogP) is 7.67. The minimum Gasteiger partial charge on any atom is -0.495 e. The molecule has 73 heavy (non-hydrogen) atoms. The molecule has 17 heteroatoms. The zero-order valence-corrected chi connectivity index (χ0v) is 42.3. The molecule has 388 valence electrons. The molecule has 6 amide bonds. The average molecular weight is 1020 g/mol. The molecule has 9 rings (SSSR count). The van der Waals surface area contributed by atoms with Crippen molar-refractivity contribution in [1.29, 1.82) is 0 Å². The molecular formula is C56H67ClFN7O8. The molecule has 4 aromatic rings. The fourth-order valence-electron chi connectivity index (χ4n) is 11.5. The van der Waals surface area contributed by atoms with E-state index in [2.05, 4.69) is 33.0 Å². The lowest BCUT2D eigenvalue weighted by molar-refractivity contribution is -0.123. The number of piperidine rings is 2. The van der Waals surface area contributed by atoms with Gasteiger partial charge in [-0.25, -0.2) is 9.18 Å². The molecule has 4 heterocycles. The normalized spacial score (nSPS) is 21.7. The fourth-order valence-corrected chi connectivity index (χ4v) is 11.7. The van der Waals surface area contributed by atoms with Gasteiger partial charge in [-0.15, -0.1) is 0 Å². The van der Waals surface area contributed by atoms with Crippen LogP contribution >= 0.6 is 11.6 Å². The maximum absolute atomic E-state index is 16.4. The molecule has 0 radical (unpaired) electrons. The fraction of sp³-hybridized carbons (Fsp3) is 0.482. The van der Waals surface area contributed by atoms with Gasteiger partial charge in [-0.05, 0) is 143 Å². The Morgan fingerprint density at radius 1 is 0.836 bits per heavy atom. The summed E-state index contributed by atoms with van der Waals surface area (Å²) in [6, 6.07) is 23.5. The molecule has 2 atom stereocenters. The monoisotopic (exact) mass is 1020 g/mol. The standard InChI is InChI=1S/C56H67ClFN7O8/c1-71-48-17-10-39(31-47(48)65-28-23-50(66)62-56(65)70)55(69)64-26-21-36(22-27-64)35-19-24-63(25-20-35)33-51(67)61-41-13-11-40(12-14-41)60-32-45(37-6-3-2-4-7-37)38-9-16-46(57)44(30-38)52-43(54(59)68)15-18-49(53(52)58)73-34-42-8-5-29-72-42/h2-4,6-7,9-10,15-18,30-31,35-36,40-42,45,60H,5,8,11-14,19-29,32-34H2,1H3,(H2,59,68)(H,61,67)(H,62,66,70)/t40?,41?,42-,45?/m0/s1. The highest BCUT2D eigenvalue weighted by atomic mass is 35.5. The lowest BCUT2D eigenvalue weighted by atomic mass is 9.78. The lowest BCUT2D eigenvalue weighted by Gasteiger charge is -2.40. The Morgan fingerprint density at radius 3 is 2.23 bits per heavy atom. The number of primary amides is 1. The molecule has 0 bridgehead atoms. The number of halogens is 2. The van der Waals surface area contributed by atoms with E-state index in [0.29, 0.717) is 67.2 Å². The van der Waals surface area contributed by atoms with Crippen molar-refractivity contribution in [2.45, 2.75) is 94.7 Å². The molecule has 1 aliphatic carbocycles. The first-order valence-corrected chi connectivity index (χ1v) is 26.3. The number of nitrogens with zero attached hydrogens (tertiary/aromatic N) is 3. The van der Waals surface area contributed by atoms with Crippen molar-refractivity contribution in [3.8, 4) is 22.6 Å². The van der Waals surface area contributed by atoms with Gasteiger partial charge in [0.15, 0.2) is 11.6 Å². The smallest absolute Gasteiger partial charge is 0.328 e. The number of methoxy groups -OCH3 is 1. The second-order valence-corrected chi connectivity index (χ2v) is 20.6. The van der Waals surface area contributed by atoms with Crippen LogP contribution < -0.4 is 36.1 Å². The highest BCUT2D eigenvalue weighted by molar-refractivity contribution is 6.33. The largest absolute Gasteiger partial charge is 0.495 e. The summed E-state index contributed by atoms with van der Waals surface area (Å²) < 4.78 is 33.5. The number of nitrogens with two attached hydrogens (primary N) is 1. The van der Waals surface area contributed by atoms with Crippen LogP contribution in [0.25, 0.3) is 11.1 Å². The number of ether oxygens (including phenoxy) is 3. The summed E-state index contributed by atoms with van der Waals surface area (Å²) in [7, 11) is 1.51. The van der Waals surface area contributed by atoms with Crippen LogP contribution in [0, 0.1) is 17.7 Å². The van der Waals surface area contributed by atoms with Gasteiger partial charge < -0.3 is 35.5 Å². The zero-order chi connectivity index (χ0) is 51.0. The van der Waals surface area contributed by atoms with Gasteiger partial charge in [-0.3, -0.25) is 34.3 Å². The first-order valence-electron chi connectivity index (χ1n) is 26.0. The number of urea groups is 1. The van der Waals surface area contributed by atoms with Crippen molar-refractivity contribution in [3.63, 3.8) is 0 Å². The zero-order valence-electron chi connectivity index (χ0n) is 41.6. The molecule has 4 aromatic carbocycles. The number of rotatable bonds is 17. The SMILES string of the molecule is COc1ccc(C(=O)N2CCC(C3CCN(CC(=O)NC4CCC(NCC(c5ccccc5)c5ccc(Cl)c(-c6c(C(N)=O)ccc(OC[C@@H]7CCCO7)c6F)c5)CC4)CC3)CC2)cc1N1CCC(=O)NC1=O. The number of carbonyl (C=O) groups is 5. The van der Waals surface area contributed by atoms with Crippen molar-refractivity contribution in [3.05, 3.63) is 112 Å². The van der Waals surface area contributed by atoms with E-state index in [4.69, 9.17) is 31.5 Å². The number of likely N-dealkylation sites (tertiary alicyclic amines) is 2. The number of nitrogens with one attached hydrogen (secondary N) is 3. The molecule has 15 nitrogen and oxygen atoms in total. The molecular weight excluding hydrogens is 953 g/mol. The minimum absolute atomic E-state index is 0.00352. The number of imide groups is 1. The van der Waals surface area contributed by atoms with Gasteiger partial charge in [0.25, 0.3) is 5.91 Å². The van der Waals surface area contributed by atoms with E-state index in [1.165, 1.54) is 24.1 Å². The van der Waals surface area contributed by atoms with Crippen LogP contribution in [0.4, 0.5) is 14.9 Å². The van der Waals surface area contributed by atoms with E-state index < -0.39 is 17.8 Å². The summed E-state index contributed by atoms with van der Waals surface area (Å²) in [5, 5.41) is 9.76. The summed E-state index contributed by atoms with van der Waals surface area (Å²) in [5.74, 6) is -0.413. The molecule has 0 aromatic heterocycles. The van der Waals surface area contributed by atoms with E-state index in [0.717, 1.165) is 88.4 Å². The Kier molecular flexibility index (Phi) is 16.9. The number of hydrogen-bond donors (Lipinski definition) is 4. The van der Waals surface area contributed by atoms with Gasteiger partial charge in [0.1, 0.15) is 12.4 Å². The molecule has 4 saturated heterocycles. The Labute approximate surface area is 431 Å². The van der Waals surface area contributed by atoms with Gasteiger partial charge in [-0.2, -0.15) is 0 Å². The van der Waals surface area contributed by atoms with Crippen molar-refractivity contribution < 1.29 is 42.6 Å². The summed E-state index contributed by atoms with van der Waals surface area (Å²) in [6.07, 6.45) is 9.25. The Hall–Kier alpha value is -6.07. The second kappa shape index (κ2) is 23.9. The highest BCUT2D eigenvalue weighted by Gasteiger charge is 2.34. The first-order chi connectivity index (χ1) is 35.4. The maximum Gasteiger partial charge on any atom is 0.328 e. The minimum atomic E-state index is -0.770. The van der Waals surface area contributed by atoms with Crippen molar-refractivity contribution >= 4 is 46.9 Å². The third-order valence-corrected chi connectivity index (χ3v) is 16.0. The predicted molar refractivity (Wildman–Crippen MR) is 277 cm³/mol. The number of hydrogen-bond acceptors (Lipinski definition) is 10. The molecule has 0 spiro atoms. The second-order valence-electron chi connectivity index (χ2n) is 20.2. The Bertz CT molecular complexity index is 2630. The number of carbonyl (C=O) groups excluding carboxylic acids is 5. The van der Waals surface area contributed by atoms with Crippen molar-refractivity contribution in [2.24, 2.45) is 17.6 Å². The molecule has 1 unspecified atom stereocenters. The number of anilines is 1. The van der Waals surface area contributed by atoms with Crippen LogP contribution in [0.3, 0.4) is 0 Å². The molecule has 5 fully saturated rings. The molecule has 4 aliphatic heterocycles. The van der Waals surface area contributed by atoms with Crippen LogP contribution in [-0.4, -0.2) is 124 Å². The van der Waals surface area contributed by atoms with E-state index in [1.807, 2.05) is 35.2 Å². The topological polar surface area (TPSA) is 185 Å². The summed E-state index contributed by atoms with van der Waals surface area (Å²) in [5.41, 5.74) is 9.09. The quantitative estimate of drug-likeness (QED) is 0.0819. The number of benzene rings is 4. The van der Waals surface area contributed by atoms with E-state index in [9.17, 15) is 24.0 Å². The summed E-state index contributed by atoms with van der Waals surface area (Å²) in [6.45, 7) is 5.10. The molecule has 5 N–H and O–H groups in total. The van der Waals surface area contributed by atoms with Gasteiger partial charge in [0.05, 0.1) is 31.0 Å². The third-order valence-electron chi connectivity index (χ3n) is 15.7. The van der Waals surface area contributed by atoms with E-state index >= 15 is 4.39 Å². The molecule has 1 saturated carbocycles. The van der Waals surface area contributed by atoms with E-state index in [-0.39, 0.29) is 83.3 Å². The van der Waals surface area contributed by atoms with Crippen LogP contribution in [-0.2, 0) is 14.3 Å². The van der Waals surface area contributed by atoms with Crippen LogP contribution in [0.5, 0.6) is 11.5 Å². The summed E-state index contributed by atoms with van der Waals surface area (Å²) in [4.78, 5) is 69.7. The highest BCUT2D eigenvalue weighted by Crippen LogP contribution is 2.40. The van der Waals surface area contributed by atoms with Gasteiger partial charge in [0, 0.05) is 78.9 Å². The lowest BCUT2D eigenvalue weighted by Crippen LogP contribution is -2.49. The molecule has 5 aliphatic rings. The van der Waals surface area contributed by atoms with Crippen LogP contribution in [0.1, 0.15) is 108 Å². The first kappa shape index (κ1) is 51.8.